The van der Waals surface area contributed by atoms with Crippen molar-refractivity contribution in [2.75, 3.05) is 25.0 Å². The number of nitrogens with zero attached hydrogens (tertiary/aromatic N) is 6. The maximum absolute atomic E-state index is 13.3. The molecule has 11 heteroatoms. The molecule has 0 aromatic carbocycles. The monoisotopic (exact) mass is 633 g/mol. The predicted molar refractivity (Wildman–Crippen MR) is 180 cm³/mol. The Kier molecular flexibility index (Phi) is 11.6. The SMILES string of the molecule is C=CCn1c(=O)c2cnc(NC3CCN(C(=O)CCCCCCCCOC4CCCC4)CC3)nc2n1-c1cccc(C(C)(C)O)n1. The Bertz CT molecular complexity index is 1510. The normalized spacial score (nSPS) is 16.4. The molecule has 4 heterocycles. The van der Waals surface area contributed by atoms with Crippen LogP contribution in [0.25, 0.3) is 16.9 Å². The maximum atomic E-state index is 13.3. The summed E-state index contributed by atoms with van der Waals surface area (Å²) in [7, 11) is 0. The zero-order chi connectivity index (χ0) is 32.5. The van der Waals surface area contributed by atoms with Gasteiger partial charge in [-0.1, -0.05) is 50.7 Å². The molecule has 1 amide bonds. The summed E-state index contributed by atoms with van der Waals surface area (Å²) in [4.78, 5) is 42.0. The standard InChI is InChI=1S/C35H51N7O4/c1-4-21-41-33(44)28-25-36-34(39-32(28)42(41)30-17-13-16-29(38-30)35(2,3)45)37-26-19-22-40(23-20-26)31(43)18-9-7-5-6-8-12-24-46-27-14-10-11-15-27/h4,13,16-17,25-27,45H,1,5-12,14-15,18-24H2,2-3H3,(H,36,37,39). The summed E-state index contributed by atoms with van der Waals surface area (Å²) in [6.45, 7) is 9.71. The maximum Gasteiger partial charge on any atom is 0.278 e. The van der Waals surface area contributed by atoms with E-state index in [1.807, 2.05) is 4.90 Å². The first-order valence-electron chi connectivity index (χ1n) is 17.2. The van der Waals surface area contributed by atoms with Crippen LogP contribution >= 0.6 is 0 Å². The van der Waals surface area contributed by atoms with Gasteiger partial charge >= 0.3 is 0 Å². The van der Waals surface area contributed by atoms with Crippen molar-refractivity contribution in [2.24, 2.45) is 0 Å². The number of aromatic nitrogens is 5. The number of allylic oxidation sites excluding steroid dienone is 1. The number of hydrogen-bond acceptors (Lipinski definition) is 8. The first-order chi connectivity index (χ1) is 22.2. The molecule has 1 aliphatic heterocycles. The van der Waals surface area contributed by atoms with Crippen LogP contribution < -0.4 is 10.9 Å². The number of likely N-dealkylation sites (tertiary alicyclic amines) is 1. The Morgan fingerprint density at radius 1 is 1.07 bits per heavy atom. The van der Waals surface area contributed by atoms with E-state index in [1.54, 1.807) is 49.0 Å². The second-order valence-electron chi connectivity index (χ2n) is 13.3. The van der Waals surface area contributed by atoms with Crippen LogP contribution in [0.15, 0.2) is 41.8 Å². The molecule has 3 aromatic heterocycles. The molecule has 11 nitrogen and oxygen atoms in total. The highest BCUT2D eigenvalue weighted by molar-refractivity contribution is 5.77. The second-order valence-corrected chi connectivity index (χ2v) is 13.3. The van der Waals surface area contributed by atoms with Crippen molar-refractivity contribution in [3.05, 3.63) is 53.1 Å². The van der Waals surface area contributed by atoms with Gasteiger partial charge in [0.25, 0.3) is 5.56 Å². The van der Waals surface area contributed by atoms with E-state index in [4.69, 9.17) is 9.72 Å². The zero-order valence-electron chi connectivity index (χ0n) is 27.6. The minimum Gasteiger partial charge on any atom is -0.384 e. The van der Waals surface area contributed by atoms with Gasteiger partial charge in [-0.15, -0.1) is 6.58 Å². The van der Waals surface area contributed by atoms with Crippen molar-refractivity contribution in [2.45, 2.75) is 122 Å². The van der Waals surface area contributed by atoms with Crippen molar-refractivity contribution < 1.29 is 14.6 Å². The summed E-state index contributed by atoms with van der Waals surface area (Å²) in [5, 5.41) is 14.3. The van der Waals surface area contributed by atoms with Crippen molar-refractivity contribution in [1.29, 1.82) is 0 Å². The van der Waals surface area contributed by atoms with E-state index >= 15 is 0 Å². The molecule has 2 N–H and O–H groups in total. The molecule has 0 spiro atoms. The largest absolute Gasteiger partial charge is 0.384 e. The number of ether oxygens (including phenoxy) is 1. The summed E-state index contributed by atoms with van der Waals surface area (Å²) >= 11 is 0. The molecule has 5 rings (SSSR count). The van der Waals surface area contributed by atoms with Crippen LogP contribution in [0.5, 0.6) is 0 Å². The average molecular weight is 634 g/mol. The third kappa shape index (κ3) is 8.61. The summed E-state index contributed by atoms with van der Waals surface area (Å²) in [6, 6.07) is 5.45. The summed E-state index contributed by atoms with van der Waals surface area (Å²) in [6.07, 6.45) is 17.8. The highest BCUT2D eigenvalue weighted by atomic mass is 16.5. The lowest BCUT2D eigenvalue weighted by Crippen LogP contribution is -2.42. The average Bonchev–Trinajstić information content (AvgIpc) is 3.66. The summed E-state index contributed by atoms with van der Waals surface area (Å²) in [5.41, 5.74) is -0.485. The number of pyridine rings is 1. The molecule has 1 saturated carbocycles. The van der Waals surface area contributed by atoms with Gasteiger partial charge in [0.1, 0.15) is 11.0 Å². The van der Waals surface area contributed by atoms with Gasteiger partial charge in [0.05, 0.1) is 18.3 Å². The Morgan fingerprint density at radius 2 is 1.78 bits per heavy atom. The first kappa shape index (κ1) is 33.8. The number of unbranched alkanes of at least 4 members (excludes halogenated alkanes) is 5. The molecule has 0 radical (unpaired) electrons. The second kappa shape index (κ2) is 15.8. The van der Waals surface area contributed by atoms with Crippen molar-refractivity contribution in [3.8, 4) is 5.82 Å². The van der Waals surface area contributed by atoms with Crippen LogP contribution in [-0.4, -0.2) is 72.1 Å². The Balaban J connectivity index is 1.10. The van der Waals surface area contributed by atoms with Crippen molar-refractivity contribution >= 4 is 22.9 Å². The molecule has 0 atom stereocenters. The van der Waals surface area contributed by atoms with Crippen molar-refractivity contribution in [1.82, 2.24) is 29.2 Å². The molecule has 2 fully saturated rings. The Morgan fingerprint density at radius 3 is 2.50 bits per heavy atom. The molecule has 1 aliphatic carbocycles. The number of carbonyl (C=O) groups excluding carboxylic acids is 1. The van der Waals surface area contributed by atoms with Crippen molar-refractivity contribution in [3.63, 3.8) is 0 Å². The molecule has 0 bridgehead atoms. The van der Waals surface area contributed by atoms with Gasteiger partial charge in [-0.05, 0) is 64.5 Å². The minimum absolute atomic E-state index is 0.117. The lowest BCUT2D eigenvalue weighted by Gasteiger charge is -2.32. The molecule has 46 heavy (non-hydrogen) atoms. The topological polar surface area (TPSA) is 127 Å². The van der Waals surface area contributed by atoms with Crippen LogP contribution in [0.1, 0.15) is 103 Å². The number of rotatable bonds is 16. The Hall–Kier alpha value is -3.57. The van der Waals surface area contributed by atoms with Crippen LogP contribution in [0.2, 0.25) is 0 Å². The number of fused-ring (bicyclic) bond motifs is 1. The number of hydrogen-bond donors (Lipinski definition) is 2. The van der Waals surface area contributed by atoms with Gasteiger partial charge in [0.2, 0.25) is 11.9 Å². The fraction of sp³-hybridized carbons (Fsp3) is 0.629. The van der Waals surface area contributed by atoms with E-state index in [0.29, 0.717) is 54.1 Å². The van der Waals surface area contributed by atoms with E-state index in [2.05, 4.69) is 21.9 Å². The van der Waals surface area contributed by atoms with Gasteiger partial charge in [-0.3, -0.25) is 9.59 Å². The third-order valence-electron chi connectivity index (χ3n) is 9.18. The van der Waals surface area contributed by atoms with Gasteiger partial charge in [0.15, 0.2) is 11.5 Å². The Labute approximate surface area is 272 Å². The number of carbonyl (C=O) groups is 1. The smallest absolute Gasteiger partial charge is 0.278 e. The van der Waals surface area contributed by atoms with Crippen LogP contribution in [0.4, 0.5) is 5.95 Å². The lowest BCUT2D eigenvalue weighted by atomic mass is 10.0. The first-order valence-corrected chi connectivity index (χ1v) is 17.2. The number of anilines is 1. The number of piperidine rings is 1. The fourth-order valence-electron chi connectivity index (χ4n) is 6.50. The molecule has 2 aliphatic rings. The molecule has 0 unspecified atom stereocenters. The van der Waals surface area contributed by atoms with E-state index < -0.39 is 5.60 Å². The molecule has 3 aromatic rings. The zero-order valence-corrected chi connectivity index (χ0v) is 27.6. The van der Waals surface area contributed by atoms with E-state index in [0.717, 1.165) is 38.7 Å². The quantitative estimate of drug-likeness (QED) is 0.157. The van der Waals surface area contributed by atoms with Gasteiger partial charge < -0.3 is 20.1 Å². The molecule has 250 valence electrons. The highest BCUT2D eigenvalue weighted by Crippen LogP contribution is 2.23. The summed E-state index contributed by atoms with van der Waals surface area (Å²) in [5.74, 6) is 1.13. The molecule has 1 saturated heterocycles. The van der Waals surface area contributed by atoms with Crippen LogP contribution in [0, 0.1) is 0 Å². The molecular weight excluding hydrogens is 582 g/mol. The minimum atomic E-state index is -1.15. The third-order valence-corrected chi connectivity index (χ3v) is 9.18. The number of amides is 1. The fourth-order valence-corrected chi connectivity index (χ4v) is 6.50. The van der Waals surface area contributed by atoms with E-state index in [1.165, 1.54) is 49.6 Å². The van der Waals surface area contributed by atoms with E-state index in [-0.39, 0.29) is 24.1 Å². The van der Waals surface area contributed by atoms with Crippen LogP contribution in [0.3, 0.4) is 0 Å². The lowest BCUT2D eigenvalue weighted by molar-refractivity contribution is -0.132. The van der Waals surface area contributed by atoms with Gasteiger partial charge in [-0.2, -0.15) is 4.98 Å². The summed E-state index contributed by atoms with van der Waals surface area (Å²) < 4.78 is 9.13. The highest BCUT2D eigenvalue weighted by Gasteiger charge is 2.25. The predicted octanol–water partition coefficient (Wildman–Crippen LogP) is 5.48. The molecular formula is C35H51N7O4. The van der Waals surface area contributed by atoms with E-state index in [9.17, 15) is 14.7 Å². The van der Waals surface area contributed by atoms with Gasteiger partial charge in [0, 0.05) is 38.4 Å². The van der Waals surface area contributed by atoms with Crippen LogP contribution in [-0.2, 0) is 21.7 Å². The number of aliphatic hydroxyl groups is 1. The number of nitrogens with one attached hydrogen (secondary N) is 1. The van der Waals surface area contributed by atoms with Gasteiger partial charge in [-0.25, -0.2) is 19.3 Å².